The van der Waals surface area contributed by atoms with Gasteiger partial charge in [-0.2, -0.15) is 0 Å². The molecule has 0 saturated heterocycles. The first kappa shape index (κ1) is 16.1. The first-order chi connectivity index (χ1) is 9.67. The quantitative estimate of drug-likeness (QED) is 0.754. The molecule has 1 fully saturated rings. The van der Waals surface area contributed by atoms with Gasteiger partial charge in [0.15, 0.2) is 5.78 Å². The molecular formula is C19H28O2. The zero-order valence-electron chi connectivity index (χ0n) is 14.0. The van der Waals surface area contributed by atoms with Gasteiger partial charge in [0.05, 0.1) is 0 Å². The molecule has 1 saturated carbocycles. The second-order valence-electron chi connectivity index (χ2n) is 8.17. The van der Waals surface area contributed by atoms with Crippen LogP contribution in [-0.2, 0) is 10.2 Å². The number of hydrogen-bond acceptors (Lipinski definition) is 2. The third-order valence-corrected chi connectivity index (χ3v) is 4.02. The number of carbonyl (C=O) groups excluding carboxylic acids is 1. The fourth-order valence-corrected chi connectivity index (χ4v) is 3.11. The predicted octanol–water partition coefficient (Wildman–Crippen LogP) is 4.76. The number of benzene rings is 1. The van der Waals surface area contributed by atoms with E-state index in [2.05, 4.69) is 46.8 Å². The van der Waals surface area contributed by atoms with Crippen molar-refractivity contribution in [3.63, 3.8) is 0 Å². The summed E-state index contributed by atoms with van der Waals surface area (Å²) >= 11 is 0. The van der Waals surface area contributed by atoms with Crippen LogP contribution in [0.2, 0.25) is 0 Å². The minimum Gasteiger partial charge on any atom is -0.486 e. The molecule has 0 spiro atoms. The van der Waals surface area contributed by atoms with Crippen LogP contribution in [0.15, 0.2) is 24.3 Å². The minimum absolute atomic E-state index is 0.139. The average molecular weight is 288 g/mol. The average Bonchev–Trinajstić information content (AvgIpc) is 3.17. The predicted molar refractivity (Wildman–Crippen MR) is 86.8 cm³/mol. The van der Waals surface area contributed by atoms with Crippen molar-refractivity contribution in [1.82, 2.24) is 0 Å². The maximum absolute atomic E-state index is 11.6. The van der Waals surface area contributed by atoms with Crippen LogP contribution in [0.3, 0.4) is 0 Å². The zero-order valence-corrected chi connectivity index (χ0v) is 14.0. The topological polar surface area (TPSA) is 26.3 Å². The van der Waals surface area contributed by atoms with Crippen LogP contribution >= 0.6 is 0 Å². The summed E-state index contributed by atoms with van der Waals surface area (Å²) in [6, 6.07) is 8.23. The summed E-state index contributed by atoms with van der Waals surface area (Å²) in [7, 11) is 0. The molecule has 0 radical (unpaired) electrons. The third-order valence-electron chi connectivity index (χ3n) is 4.02. The van der Waals surface area contributed by atoms with Gasteiger partial charge >= 0.3 is 0 Å². The largest absolute Gasteiger partial charge is 0.486 e. The Morgan fingerprint density at radius 1 is 1.10 bits per heavy atom. The third kappa shape index (κ3) is 4.87. The monoisotopic (exact) mass is 288 g/mol. The highest BCUT2D eigenvalue weighted by Gasteiger charge is 2.30. The van der Waals surface area contributed by atoms with Gasteiger partial charge in [-0.1, -0.05) is 46.8 Å². The summed E-state index contributed by atoms with van der Waals surface area (Å²) in [6.45, 7) is 11.6. The van der Waals surface area contributed by atoms with Gasteiger partial charge in [0.25, 0.3) is 0 Å². The number of rotatable bonds is 6. The van der Waals surface area contributed by atoms with Crippen molar-refractivity contribution >= 4 is 5.78 Å². The van der Waals surface area contributed by atoms with E-state index < -0.39 is 0 Å². The second kappa shape index (κ2) is 5.82. The molecule has 116 valence electrons. The molecule has 0 bridgehead atoms. The van der Waals surface area contributed by atoms with Crippen LogP contribution in [0, 0.1) is 11.3 Å². The molecule has 0 N–H and O–H groups in total. The number of Topliss-reactive ketones (excluding diaryl/α,β-unsaturated/α-hetero) is 1. The Labute approximate surface area is 128 Å². The van der Waals surface area contributed by atoms with Crippen molar-refractivity contribution in [2.24, 2.45) is 11.3 Å². The van der Waals surface area contributed by atoms with E-state index in [0.717, 1.165) is 25.0 Å². The number of ketones is 1. The molecule has 0 heterocycles. The Kier molecular flexibility index (Phi) is 4.46. The maximum Gasteiger partial charge on any atom is 0.173 e. The second-order valence-corrected chi connectivity index (χ2v) is 8.17. The van der Waals surface area contributed by atoms with E-state index in [1.807, 2.05) is 12.1 Å². The van der Waals surface area contributed by atoms with Crippen LogP contribution in [-0.4, -0.2) is 12.4 Å². The summed E-state index contributed by atoms with van der Waals surface area (Å²) in [4.78, 5) is 11.6. The van der Waals surface area contributed by atoms with Gasteiger partial charge in [-0.15, -0.1) is 0 Å². The van der Waals surface area contributed by atoms with Crippen molar-refractivity contribution < 1.29 is 9.53 Å². The molecule has 2 rings (SSSR count). The number of ether oxygens (including phenoxy) is 1. The number of carbonyl (C=O) groups is 1. The molecule has 0 unspecified atom stereocenters. The van der Waals surface area contributed by atoms with E-state index in [4.69, 9.17) is 4.74 Å². The lowest BCUT2D eigenvalue weighted by Gasteiger charge is -2.33. The van der Waals surface area contributed by atoms with Gasteiger partial charge in [0.1, 0.15) is 12.4 Å². The van der Waals surface area contributed by atoms with Crippen LogP contribution < -0.4 is 4.74 Å². The molecular weight excluding hydrogens is 260 g/mol. The highest BCUT2D eigenvalue weighted by molar-refractivity contribution is 5.84. The van der Waals surface area contributed by atoms with Crippen molar-refractivity contribution in [3.8, 4) is 5.75 Å². The SMILES string of the molecule is CC(C)(C)CC(C)(C)c1ccc(OCC(=O)C2CC2)cc1. The van der Waals surface area contributed by atoms with E-state index in [1.54, 1.807) is 0 Å². The normalized spacial score (nSPS) is 15.9. The summed E-state index contributed by atoms with van der Waals surface area (Å²) in [6.07, 6.45) is 3.21. The van der Waals surface area contributed by atoms with E-state index >= 15 is 0 Å². The molecule has 0 atom stereocenters. The molecule has 1 aromatic carbocycles. The van der Waals surface area contributed by atoms with Gasteiger partial charge in [0.2, 0.25) is 0 Å². The Balaban J connectivity index is 1.95. The summed E-state index contributed by atoms with van der Waals surface area (Å²) in [5.74, 6) is 1.31. The van der Waals surface area contributed by atoms with Gasteiger partial charge < -0.3 is 4.74 Å². The van der Waals surface area contributed by atoms with E-state index in [1.165, 1.54) is 5.56 Å². The van der Waals surface area contributed by atoms with Crippen LogP contribution in [0.1, 0.15) is 59.4 Å². The highest BCUT2D eigenvalue weighted by Crippen LogP contribution is 2.36. The van der Waals surface area contributed by atoms with Gasteiger partial charge in [-0.05, 0) is 47.8 Å². The first-order valence-corrected chi connectivity index (χ1v) is 7.93. The Hall–Kier alpha value is -1.31. The van der Waals surface area contributed by atoms with Crippen LogP contribution in [0.5, 0.6) is 5.75 Å². The summed E-state index contributed by atoms with van der Waals surface area (Å²) in [5.41, 5.74) is 1.76. The minimum atomic E-state index is 0.139. The zero-order chi connectivity index (χ0) is 15.7. The molecule has 1 aromatic rings. The van der Waals surface area contributed by atoms with E-state index in [0.29, 0.717) is 5.41 Å². The van der Waals surface area contributed by atoms with E-state index in [-0.39, 0.29) is 23.7 Å². The van der Waals surface area contributed by atoms with Crippen LogP contribution in [0.25, 0.3) is 0 Å². The molecule has 0 amide bonds. The fraction of sp³-hybridized carbons (Fsp3) is 0.632. The molecule has 0 aliphatic heterocycles. The smallest absolute Gasteiger partial charge is 0.173 e. The van der Waals surface area contributed by atoms with Crippen molar-refractivity contribution in [1.29, 1.82) is 0 Å². The maximum atomic E-state index is 11.6. The van der Waals surface area contributed by atoms with E-state index in [9.17, 15) is 4.79 Å². The molecule has 2 nitrogen and oxygen atoms in total. The van der Waals surface area contributed by atoms with Gasteiger partial charge in [0, 0.05) is 5.92 Å². The standard InChI is InChI=1S/C19H28O2/c1-18(2,3)13-19(4,5)15-8-10-16(11-9-15)21-12-17(20)14-6-7-14/h8-11,14H,6-7,12-13H2,1-5H3. The lowest BCUT2D eigenvalue weighted by molar-refractivity contribution is -0.122. The first-order valence-electron chi connectivity index (χ1n) is 7.93. The van der Waals surface area contributed by atoms with Crippen molar-refractivity contribution in [2.45, 2.75) is 59.3 Å². The van der Waals surface area contributed by atoms with Crippen LogP contribution in [0.4, 0.5) is 0 Å². The van der Waals surface area contributed by atoms with Crippen molar-refractivity contribution in [3.05, 3.63) is 29.8 Å². The lowest BCUT2D eigenvalue weighted by atomic mass is 9.72. The molecule has 1 aliphatic carbocycles. The molecule has 21 heavy (non-hydrogen) atoms. The Morgan fingerprint density at radius 2 is 1.67 bits per heavy atom. The molecule has 1 aliphatic rings. The summed E-state index contributed by atoms with van der Waals surface area (Å²) in [5, 5.41) is 0. The number of hydrogen-bond donors (Lipinski definition) is 0. The Bertz CT molecular complexity index is 487. The van der Waals surface area contributed by atoms with Gasteiger partial charge in [-0.25, -0.2) is 0 Å². The fourth-order valence-electron chi connectivity index (χ4n) is 3.11. The molecule has 2 heteroatoms. The van der Waals surface area contributed by atoms with Crippen molar-refractivity contribution in [2.75, 3.05) is 6.61 Å². The Morgan fingerprint density at radius 3 is 2.14 bits per heavy atom. The molecule has 0 aromatic heterocycles. The lowest BCUT2D eigenvalue weighted by Crippen LogP contribution is -2.24. The summed E-state index contributed by atoms with van der Waals surface area (Å²) < 4.78 is 5.59. The van der Waals surface area contributed by atoms with Gasteiger partial charge in [-0.3, -0.25) is 4.79 Å². The highest BCUT2D eigenvalue weighted by atomic mass is 16.5.